The van der Waals surface area contributed by atoms with Crippen LogP contribution in [0, 0.1) is 11.8 Å². The first-order valence-corrected chi connectivity index (χ1v) is 7.53. The van der Waals surface area contributed by atoms with E-state index in [9.17, 15) is 5.11 Å². The Morgan fingerprint density at radius 1 is 1.22 bits per heavy atom. The molecular weight excluding hydrogens is 228 g/mol. The SMILES string of the molecule is CCC(O)C[C@H](C)C[C@H](C)COC1CCCCO1. The smallest absolute Gasteiger partial charge is 0.157 e. The van der Waals surface area contributed by atoms with Crippen molar-refractivity contribution in [3.63, 3.8) is 0 Å². The van der Waals surface area contributed by atoms with Crippen molar-refractivity contribution in [1.29, 1.82) is 0 Å². The molecule has 0 bridgehead atoms. The van der Waals surface area contributed by atoms with Crippen LogP contribution in [-0.2, 0) is 9.47 Å². The van der Waals surface area contributed by atoms with Gasteiger partial charge in [0.2, 0.25) is 0 Å². The van der Waals surface area contributed by atoms with Gasteiger partial charge in [0.15, 0.2) is 6.29 Å². The second-order valence-electron chi connectivity index (χ2n) is 5.87. The minimum absolute atomic E-state index is 0.0257. The third kappa shape index (κ3) is 6.72. The molecule has 1 fully saturated rings. The molecule has 1 saturated heterocycles. The number of hydrogen-bond acceptors (Lipinski definition) is 3. The summed E-state index contributed by atoms with van der Waals surface area (Å²) in [7, 11) is 0. The van der Waals surface area contributed by atoms with Crippen molar-refractivity contribution in [2.45, 2.75) is 71.7 Å². The zero-order valence-electron chi connectivity index (χ0n) is 12.2. The van der Waals surface area contributed by atoms with Crippen molar-refractivity contribution in [2.75, 3.05) is 13.2 Å². The molecule has 108 valence electrons. The number of rotatable bonds is 8. The first-order valence-electron chi connectivity index (χ1n) is 7.53. The summed E-state index contributed by atoms with van der Waals surface area (Å²) < 4.78 is 11.3. The molecule has 0 aromatic heterocycles. The van der Waals surface area contributed by atoms with Gasteiger partial charge in [-0.1, -0.05) is 20.8 Å². The molecule has 0 amide bonds. The molecule has 0 aromatic carbocycles. The van der Waals surface area contributed by atoms with Gasteiger partial charge in [-0.3, -0.25) is 0 Å². The lowest BCUT2D eigenvalue weighted by Crippen LogP contribution is -2.25. The lowest BCUT2D eigenvalue weighted by Gasteiger charge is -2.25. The molecular formula is C15H30O3. The monoisotopic (exact) mass is 258 g/mol. The second-order valence-corrected chi connectivity index (χ2v) is 5.87. The van der Waals surface area contributed by atoms with Crippen LogP contribution < -0.4 is 0 Å². The fraction of sp³-hybridized carbons (Fsp3) is 1.00. The predicted octanol–water partition coefficient (Wildman–Crippen LogP) is 3.35. The van der Waals surface area contributed by atoms with Crippen LogP contribution in [0.5, 0.6) is 0 Å². The maximum atomic E-state index is 9.62. The summed E-state index contributed by atoms with van der Waals surface area (Å²) >= 11 is 0. The number of aliphatic hydroxyl groups is 1. The highest BCUT2D eigenvalue weighted by Gasteiger charge is 2.17. The van der Waals surface area contributed by atoms with E-state index >= 15 is 0 Å². The zero-order valence-corrected chi connectivity index (χ0v) is 12.2. The fourth-order valence-electron chi connectivity index (χ4n) is 2.60. The summed E-state index contributed by atoms with van der Waals surface area (Å²) in [5.74, 6) is 1.10. The minimum Gasteiger partial charge on any atom is -0.393 e. The van der Waals surface area contributed by atoms with Gasteiger partial charge in [0, 0.05) is 6.61 Å². The van der Waals surface area contributed by atoms with Gasteiger partial charge in [0.05, 0.1) is 12.7 Å². The van der Waals surface area contributed by atoms with Gasteiger partial charge in [0.1, 0.15) is 0 Å². The van der Waals surface area contributed by atoms with E-state index in [1.54, 1.807) is 0 Å². The minimum atomic E-state index is -0.144. The van der Waals surface area contributed by atoms with Gasteiger partial charge < -0.3 is 14.6 Å². The Morgan fingerprint density at radius 3 is 2.61 bits per heavy atom. The number of aliphatic hydroxyl groups excluding tert-OH is 1. The van der Waals surface area contributed by atoms with Crippen molar-refractivity contribution in [3.05, 3.63) is 0 Å². The summed E-state index contributed by atoms with van der Waals surface area (Å²) in [4.78, 5) is 0. The van der Waals surface area contributed by atoms with Gasteiger partial charge >= 0.3 is 0 Å². The molecule has 3 nitrogen and oxygen atoms in total. The molecule has 0 saturated carbocycles. The second kappa shape index (κ2) is 8.89. The quantitative estimate of drug-likeness (QED) is 0.725. The average molecular weight is 258 g/mol. The summed E-state index contributed by atoms with van der Waals surface area (Å²) in [6.45, 7) is 8.09. The molecule has 3 heteroatoms. The summed E-state index contributed by atoms with van der Waals surface area (Å²) in [5, 5.41) is 9.62. The average Bonchev–Trinajstić information content (AvgIpc) is 2.37. The highest BCUT2D eigenvalue weighted by atomic mass is 16.7. The van der Waals surface area contributed by atoms with Crippen molar-refractivity contribution in [2.24, 2.45) is 11.8 Å². The first-order chi connectivity index (χ1) is 8.61. The topological polar surface area (TPSA) is 38.7 Å². The third-order valence-corrected chi connectivity index (χ3v) is 3.65. The standard InChI is InChI=1S/C15H30O3/c1-4-14(16)10-12(2)9-13(3)11-18-15-7-5-6-8-17-15/h12-16H,4-11H2,1-3H3/t12-,13+,14?,15?/m1/s1. The highest BCUT2D eigenvalue weighted by molar-refractivity contribution is 4.64. The van der Waals surface area contributed by atoms with Crippen LogP contribution in [0.4, 0.5) is 0 Å². The molecule has 1 rings (SSSR count). The molecule has 18 heavy (non-hydrogen) atoms. The number of hydrogen-bond donors (Lipinski definition) is 1. The van der Waals surface area contributed by atoms with Crippen molar-refractivity contribution in [3.8, 4) is 0 Å². The Kier molecular flexibility index (Phi) is 7.87. The molecule has 1 N–H and O–H groups in total. The van der Waals surface area contributed by atoms with E-state index < -0.39 is 0 Å². The van der Waals surface area contributed by atoms with Gasteiger partial charge in [-0.2, -0.15) is 0 Å². The molecule has 1 aliphatic heterocycles. The van der Waals surface area contributed by atoms with Crippen LogP contribution in [0.1, 0.15) is 59.3 Å². The van der Waals surface area contributed by atoms with Crippen molar-refractivity contribution < 1.29 is 14.6 Å². The Morgan fingerprint density at radius 2 is 2.00 bits per heavy atom. The van der Waals surface area contributed by atoms with Gasteiger partial charge in [-0.15, -0.1) is 0 Å². The lowest BCUT2D eigenvalue weighted by molar-refractivity contribution is -0.169. The van der Waals surface area contributed by atoms with Gasteiger partial charge in [-0.05, 0) is 50.4 Å². The van der Waals surface area contributed by atoms with Crippen LogP contribution in [-0.4, -0.2) is 30.7 Å². The summed E-state index contributed by atoms with van der Waals surface area (Å²) in [6, 6.07) is 0. The normalized spacial score (nSPS) is 25.7. The van der Waals surface area contributed by atoms with Crippen LogP contribution >= 0.6 is 0 Å². The highest BCUT2D eigenvalue weighted by Crippen LogP contribution is 2.20. The van der Waals surface area contributed by atoms with Gasteiger partial charge in [-0.25, -0.2) is 0 Å². The fourth-order valence-corrected chi connectivity index (χ4v) is 2.60. The maximum Gasteiger partial charge on any atom is 0.157 e. The van der Waals surface area contributed by atoms with E-state index in [2.05, 4.69) is 13.8 Å². The summed E-state index contributed by atoms with van der Waals surface area (Å²) in [5.41, 5.74) is 0. The molecule has 2 unspecified atom stereocenters. The zero-order chi connectivity index (χ0) is 13.4. The molecule has 0 aliphatic carbocycles. The van der Waals surface area contributed by atoms with Crippen molar-refractivity contribution in [1.82, 2.24) is 0 Å². The Hall–Kier alpha value is -0.120. The van der Waals surface area contributed by atoms with Crippen molar-refractivity contribution >= 4 is 0 Å². The third-order valence-electron chi connectivity index (χ3n) is 3.65. The largest absolute Gasteiger partial charge is 0.393 e. The molecule has 1 heterocycles. The van der Waals surface area contributed by atoms with E-state index in [0.29, 0.717) is 11.8 Å². The molecule has 0 spiro atoms. The van der Waals surface area contributed by atoms with E-state index in [4.69, 9.17) is 9.47 Å². The molecule has 1 aliphatic rings. The Balaban J connectivity index is 2.10. The maximum absolute atomic E-state index is 9.62. The van der Waals surface area contributed by atoms with Gasteiger partial charge in [0.25, 0.3) is 0 Å². The van der Waals surface area contributed by atoms with E-state index in [-0.39, 0.29) is 12.4 Å². The first kappa shape index (κ1) is 15.9. The predicted molar refractivity (Wildman–Crippen MR) is 73.4 cm³/mol. The Labute approximate surface area is 112 Å². The van der Waals surface area contributed by atoms with E-state index in [0.717, 1.165) is 38.9 Å². The molecule has 0 radical (unpaired) electrons. The van der Waals surface area contributed by atoms with Crippen LogP contribution in [0.15, 0.2) is 0 Å². The van der Waals surface area contributed by atoms with E-state index in [1.807, 2.05) is 6.92 Å². The van der Waals surface area contributed by atoms with Crippen LogP contribution in [0.25, 0.3) is 0 Å². The van der Waals surface area contributed by atoms with Crippen LogP contribution in [0.2, 0.25) is 0 Å². The number of ether oxygens (including phenoxy) is 2. The van der Waals surface area contributed by atoms with E-state index in [1.165, 1.54) is 12.8 Å². The summed E-state index contributed by atoms with van der Waals surface area (Å²) in [6.07, 6.45) is 6.18. The Bertz CT molecular complexity index is 202. The molecule has 4 atom stereocenters. The molecule has 0 aromatic rings. The van der Waals surface area contributed by atoms with Crippen LogP contribution in [0.3, 0.4) is 0 Å². The lowest BCUT2D eigenvalue weighted by atomic mass is 9.92.